The van der Waals surface area contributed by atoms with E-state index < -0.39 is 11.9 Å². The molecule has 0 radical (unpaired) electrons. The molecule has 2 aromatic heterocycles. The molecule has 0 saturated heterocycles. The van der Waals surface area contributed by atoms with Gasteiger partial charge >= 0.3 is 11.3 Å². The van der Waals surface area contributed by atoms with Crippen LogP contribution >= 0.6 is 22.9 Å². The third-order valence-corrected chi connectivity index (χ3v) is 5.14. The second-order valence-corrected chi connectivity index (χ2v) is 7.50. The lowest BCUT2D eigenvalue weighted by atomic mass is 10.2. The van der Waals surface area contributed by atoms with Crippen LogP contribution in [0.15, 0.2) is 36.5 Å². The van der Waals surface area contributed by atoms with Crippen molar-refractivity contribution in [2.24, 2.45) is 0 Å². The minimum absolute atomic E-state index is 0.0100. The van der Waals surface area contributed by atoms with Crippen molar-refractivity contribution in [3.05, 3.63) is 57.7 Å². The van der Waals surface area contributed by atoms with Gasteiger partial charge < -0.3 is 0 Å². The fraction of sp³-hybridized carbons (Fsp3) is 0.294. The lowest BCUT2D eigenvalue weighted by Crippen LogP contribution is -2.09. The van der Waals surface area contributed by atoms with Gasteiger partial charge in [-0.15, -0.1) is 0 Å². The van der Waals surface area contributed by atoms with Crippen LogP contribution in [0.1, 0.15) is 31.1 Å². The highest BCUT2D eigenvalue weighted by atomic mass is 35.5. The number of hydrogen-bond acceptors (Lipinski definition) is 4. The molecule has 0 unspecified atom stereocenters. The summed E-state index contributed by atoms with van der Waals surface area (Å²) in [7, 11) is 0. The van der Waals surface area contributed by atoms with Crippen LogP contribution in [0.5, 0.6) is 0 Å². The highest BCUT2D eigenvalue weighted by Gasteiger charge is 2.36. The van der Waals surface area contributed by atoms with Gasteiger partial charge in [-0.1, -0.05) is 34.7 Å². The zero-order valence-corrected chi connectivity index (χ0v) is 15.9. The van der Waals surface area contributed by atoms with E-state index in [2.05, 4.69) is 10.1 Å². The quantitative estimate of drug-likeness (QED) is 0.489. The Morgan fingerprint density at radius 3 is 2.63 bits per heavy atom. The predicted octanol–water partition coefficient (Wildman–Crippen LogP) is 5.87. The van der Waals surface area contributed by atoms with Crippen LogP contribution in [0.4, 0.5) is 18.3 Å². The third kappa shape index (κ3) is 4.19. The SMILES string of the molecule is CC(C)n1nc(C(F)(F)F)cc1-c1cnc([N+](=O)Cc2ccccc2Cl)s1. The average Bonchev–Trinajstić information content (AvgIpc) is 3.23. The summed E-state index contributed by atoms with van der Waals surface area (Å²) < 4.78 is 41.0. The largest absolute Gasteiger partial charge is 0.435 e. The first-order chi connectivity index (χ1) is 12.7. The van der Waals surface area contributed by atoms with Gasteiger partial charge in [0.2, 0.25) is 0 Å². The van der Waals surface area contributed by atoms with Crippen molar-refractivity contribution in [2.75, 3.05) is 0 Å². The Balaban J connectivity index is 1.91. The number of benzene rings is 1. The van der Waals surface area contributed by atoms with Crippen molar-refractivity contribution in [1.29, 1.82) is 0 Å². The highest BCUT2D eigenvalue weighted by molar-refractivity contribution is 7.18. The fourth-order valence-electron chi connectivity index (χ4n) is 2.46. The van der Waals surface area contributed by atoms with Gasteiger partial charge in [-0.05, 0) is 47.1 Å². The first-order valence-corrected chi connectivity index (χ1v) is 9.17. The minimum Gasteiger partial charge on any atom is -0.261 e. The number of rotatable bonds is 5. The molecule has 0 saturated carbocycles. The Labute approximate surface area is 162 Å². The lowest BCUT2D eigenvalue weighted by Gasteiger charge is -2.08. The summed E-state index contributed by atoms with van der Waals surface area (Å²) in [6.45, 7) is 3.45. The number of halogens is 4. The second-order valence-electron chi connectivity index (χ2n) is 6.09. The fourth-order valence-corrected chi connectivity index (χ4v) is 3.48. The summed E-state index contributed by atoms with van der Waals surface area (Å²) in [5.41, 5.74) is -0.0686. The maximum atomic E-state index is 13.0. The van der Waals surface area contributed by atoms with Crippen LogP contribution in [0, 0.1) is 4.91 Å². The molecular weight excluding hydrogens is 401 g/mol. The van der Waals surface area contributed by atoms with Crippen molar-refractivity contribution in [3.8, 4) is 10.6 Å². The molecule has 0 aliphatic carbocycles. The summed E-state index contributed by atoms with van der Waals surface area (Å²) in [5.74, 6) is 0. The Hall–Kier alpha value is -2.26. The van der Waals surface area contributed by atoms with Gasteiger partial charge in [-0.25, -0.2) is 0 Å². The van der Waals surface area contributed by atoms with E-state index in [0.29, 0.717) is 20.2 Å². The molecule has 3 rings (SSSR count). The Morgan fingerprint density at radius 1 is 1.30 bits per heavy atom. The molecule has 0 bridgehead atoms. The smallest absolute Gasteiger partial charge is 0.261 e. The van der Waals surface area contributed by atoms with Gasteiger partial charge in [0, 0.05) is 16.6 Å². The van der Waals surface area contributed by atoms with Gasteiger partial charge in [0.1, 0.15) is 4.88 Å². The highest BCUT2D eigenvalue weighted by Crippen LogP contribution is 2.36. The topological polar surface area (TPSA) is 50.8 Å². The number of nitroso groups, excluding NO2 is 1. The van der Waals surface area contributed by atoms with Gasteiger partial charge in [0.05, 0.1) is 5.69 Å². The molecule has 5 nitrogen and oxygen atoms in total. The normalized spacial score (nSPS) is 12.0. The van der Waals surface area contributed by atoms with Crippen molar-refractivity contribution < 1.29 is 17.9 Å². The Kier molecular flexibility index (Phi) is 5.34. The summed E-state index contributed by atoms with van der Waals surface area (Å²) in [6, 6.07) is 7.62. The number of aromatic nitrogens is 3. The number of hydrogen-bond donors (Lipinski definition) is 0. The molecule has 0 atom stereocenters. The van der Waals surface area contributed by atoms with Gasteiger partial charge in [-0.3, -0.25) is 4.68 Å². The van der Waals surface area contributed by atoms with Crippen molar-refractivity contribution >= 4 is 28.1 Å². The molecular formula is C17H15ClF3N4OS+. The van der Waals surface area contributed by atoms with Crippen LogP contribution in [-0.4, -0.2) is 19.5 Å². The van der Waals surface area contributed by atoms with E-state index in [1.54, 1.807) is 38.1 Å². The first-order valence-electron chi connectivity index (χ1n) is 7.98. The number of thiazole rings is 1. The molecule has 0 amide bonds. The predicted molar refractivity (Wildman–Crippen MR) is 97.2 cm³/mol. The second kappa shape index (κ2) is 7.40. The maximum absolute atomic E-state index is 13.0. The Morgan fingerprint density at radius 2 is 2.00 bits per heavy atom. The molecule has 2 heterocycles. The van der Waals surface area contributed by atoms with Crippen LogP contribution in [0.3, 0.4) is 0 Å². The monoisotopic (exact) mass is 415 g/mol. The van der Waals surface area contributed by atoms with E-state index in [9.17, 15) is 18.1 Å². The third-order valence-electron chi connectivity index (χ3n) is 3.75. The molecule has 1 aromatic carbocycles. The molecule has 10 heteroatoms. The first kappa shape index (κ1) is 19.5. The van der Waals surface area contributed by atoms with Crippen molar-refractivity contribution in [3.63, 3.8) is 0 Å². The molecule has 0 spiro atoms. The zero-order valence-electron chi connectivity index (χ0n) is 14.4. The molecule has 0 N–H and O–H groups in total. The molecule has 0 fully saturated rings. The summed E-state index contributed by atoms with van der Waals surface area (Å²) in [5, 5.41) is 4.25. The van der Waals surface area contributed by atoms with Crippen molar-refractivity contribution in [2.45, 2.75) is 32.6 Å². The average molecular weight is 416 g/mol. The molecule has 3 aromatic rings. The molecule has 0 aliphatic rings. The van der Waals surface area contributed by atoms with Crippen LogP contribution in [0.25, 0.3) is 10.6 Å². The van der Waals surface area contributed by atoms with E-state index >= 15 is 0 Å². The maximum Gasteiger partial charge on any atom is 0.435 e. The van der Waals surface area contributed by atoms with Gasteiger partial charge in [-0.2, -0.15) is 18.3 Å². The van der Waals surface area contributed by atoms with Gasteiger partial charge in [0.25, 0.3) is 0 Å². The standard InChI is InChI=1S/C17H15ClF3N4OS/c1-10(2)25-13(7-15(23-25)17(19,20)21)14-8-22-16(27-14)24(26)9-11-5-3-4-6-12(11)18/h3-8,10H,9H2,1-2H3/q+1. The lowest BCUT2D eigenvalue weighted by molar-refractivity contribution is -0.479. The molecule has 27 heavy (non-hydrogen) atoms. The summed E-state index contributed by atoms with van der Waals surface area (Å²) in [6.07, 6.45) is -3.16. The van der Waals surface area contributed by atoms with E-state index in [1.807, 2.05) is 0 Å². The Bertz CT molecular complexity index is 981. The van der Waals surface area contributed by atoms with Crippen LogP contribution in [-0.2, 0) is 12.7 Å². The van der Waals surface area contributed by atoms with E-state index in [4.69, 9.17) is 11.6 Å². The number of nitrogens with zero attached hydrogens (tertiary/aromatic N) is 4. The van der Waals surface area contributed by atoms with E-state index in [1.165, 1.54) is 10.9 Å². The van der Waals surface area contributed by atoms with Crippen LogP contribution in [0.2, 0.25) is 5.02 Å². The van der Waals surface area contributed by atoms with Gasteiger partial charge in [0.15, 0.2) is 18.4 Å². The molecule has 142 valence electrons. The van der Waals surface area contributed by atoms with Crippen LogP contribution < -0.4 is 0 Å². The van der Waals surface area contributed by atoms with E-state index in [0.717, 1.165) is 17.4 Å². The van der Waals surface area contributed by atoms with E-state index in [-0.39, 0.29) is 23.4 Å². The van der Waals surface area contributed by atoms with Crippen molar-refractivity contribution in [1.82, 2.24) is 14.8 Å². The summed E-state index contributed by atoms with van der Waals surface area (Å²) >= 11 is 7.06. The number of alkyl halides is 3. The molecule has 0 aliphatic heterocycles. The minimum atomic E-state index is -4.54. The summed E-state index contributed by atoms with van der Waals surface area (Å²) in [4.78, 5) is 16.9. The zero-order chi connectivity index (χ0) is 19.8.